The lowest BCUT2D eigenvalue weighted by molar-refractivity contribution is -0.276. The fourth-order valence-corrected chi connectivity index (χ4v) is 1.89. The normalized spacial score (nSPS) is 14.9. The molecule has 3 N–H and O–H groups in total. The van der Waals surface area contributed by atoms with Crippen molar-refractivity contribution in [2.75, 3.05) is 23.7 Å². The Morgan fingerprint density at radius 1 is 1.09 bits per heavy atom. The molecule has 0 bridgehead atoms. The maximum absolute atomic E-state index is 12.1. The van der Waals surface area contributed by atoms with Crippen LogP contribution in [0.3, 0.4) is 0 Å². The van der Waals surface area contributed by atoms with Gasteiger partial charge < -0.3 is 20.7 Å². The first-order chi connectivity index (χ1) is 11.0. The summed E-state index contributed by atoms with van der Waals surface area (Å²) in [5, 5.41) is 9.31. The minimum absolute atomic E-state index is 0.271. The Morgan fingerprint density at radius 2 is 1.83 bits per heavy atom. The molecule has 3 rings (SSSR count). The standard InChI is InChI=1S/C13H13F3N6O/c14-13(15,16)23-10-2-1-8(7-20-10)21-11-12(19-4-3-18-11)22-9-5-17-6-9/h1-4,7,9,17H,5-6H2,(H,18,21)(H,19,22). The van der Waals surface area contributed by atoms with Crippen LogP contribution in [0.25, 0.3) is 0 Å². The van der Waals surface area contributed by atoms with Gasteiger partial charge in [0.1, 0.15) is 0 Å². The summed E-state index contributed by atoms with van der Waals surface area (Å²) < 4.78 is 40.0. The summed E-state index contributed by atoms with van der Waals surface area (Å²) in [7, 11) is 0. The van der Waals surface area contributed by atoms with E-state index in [0.29, 0.717) is 17.3 Å². The molecule has 0 amide bonds. The Labute approximate surface area is 129 Å². The number of anilines is 3. The molecule has 10 heteroatoms. The van der Waals surface area contributed by atoms with Crippen LogP contribution in [0.2, 0.25) is 0 Å². The average Bonchev–Trinajstić information content (AvgIpc) is 2.45. The number of halogens is 3. The van der Waals surface area contributed by atoms with Crippen molar-refractivity contribution in [3.8, 4) is 5.88 Å². The van der Waals surface area contributed by atoms with E-state index >= 15 is 0 Å². The van der Waals surface area contributed by atoms with Gasteiger partial charge in [-0.3, -0.25) is 0 Å². The van der Waals surface area contributed by atoms with Crippen molar-refractivity contribution in [2.24, 2.45) is 0 Å². The molecular weight excluding hydrogens is 313 g/mol. The fraction of sp³-hybridized carbons (Fsp3) is 0.308. The predicted octanol–water partition coefficient (Wildman–Crippen LogP) is 1.90. The van der Waals surface area contributed by atoms with Crippen LogP contribution < -0.4 is 20.7 Å². The molecule has 0 unspecified atom stereocenters. The zero-order valence-corrected chi connectivity index (χ0v) is 11.8. The zero-order chi connectivity index (χ0) is 16.3. The van der Waals surface area contributed by atoms with Gasteiger partial charge in [-0.15, -0.1) is 13.2 Å². The molecule has 122 valence electrons. The van der Waals surface area contributed by atoms with Gasteiger partial charge >= 0.3 is 6.36 Å². The number of pyridine rings is 1. The molecule has 1 aliphatic heterocycles. The summed E-state index contributed by atoms with van der Waals surface area (Å²) in [6, 6.07) is 2.81. The second kappa shape index (κ2) is 6.24. The second-order valence-electron chi connectivity index (χ2n) is 4.81. The van der Waals surface area contributed by atoms with Crippen LogP contribution in [0.4, 0.5) is 30.5 Å². The van der Waals surface area contributed by atoms with E-state index in [9.17, 15) is 13.2 Å². The first kappa shape index (κ1) is 15.3. The number of rotatable bonds is 5. The SMILES string of the molecule is FC(F)(F)Oc1ccc(Nc2nccnc2NC2CNC2)cn1. The summed E-state index contributed by atoms with van der Waals surface area (Å²) >= 11 is 0. The van der Waals surface area contributed by atoms with Gasteiger partial charge in [-0.05, 0) is 6.07 Å². The van der Waals surface area contributed by atoms with Crippen molar-refractivity contribution in [1.29, 1.82) is 0 Å². The molecule has 0 spiro atoms. The molecule has 0 aromatic carbocycles. The van der Waals surface area contributed by atoms with Gasteiger partial charge in [0.05, 0.1) is 17.9 Å². The molecule has 0 saturated carbocycles. The first-order valence-electron chi connectivity index (χ1n) is 6.77. The van der Waals surface area contributed by atoms with Crippen molar-refractivity contribution < 1.29 is 17.9 Å². The number of ether oxygens (including phenoxy) is 1. The summed E-state index contributed by atoms with van der Waals surface area (Å²) in [4.78, 5) is 12.0. The van der Waals surface area contributed by atoms with E-state index in [2.05, 4.69) is 35.6 Å². The molecule has 3 heterocycles. The van der Waals surface area contributed by atoms with E-state index in [1.54, 1.807) is 6.20 Å². The van der Waals surface area contributed by atoms with Crippen LogP contribution in [-0.2, 0) is 0 Å². The van der Waals surface area contributed by atoms with Gasteiger partial charge in [0.15, 0.2) is 11.6 Å². The minimum Gasteiger partial charge on any atom is -0.388 e. The van der Waals surface area contributed by atoms with Crippen LogP contribution in [0.15, 0.2) is 30.7 Å². The lowest BCUT2D eigenvalue weighted by Crippen LogP contribution is -2.51. The maximum Gasteiger partial charge on any atom is 0.574 e. The number of hydrogen-bond donors (Lipinski definition) is 3. The summed E-state index contributed by atoms with van der Waals surface area (Å²) in [6.07, 6.45) is -0.468. The van der Waals surface area contributed by atoms with Crippen molar-refractivity contribution in [3.63, 3.8) is 0 Å². The molecule has 1 saturated heterocycles. The fourth-order valence-electron chi connectivity index (χ4n) is 1.89. The highest BCUT2D eigenvalue weighted by molar-refractivity contribution is 5.67. The van der Waals surface area contributed by atoms with E-state index in [-0.39, 0.29) is 6.04 Å². The maximum atomic E-state index is 12.1. The Morgan fingerprint density at radius 3 is 2.39 bits per heavy atom. The lowest BCUT2D eigenvalue weighted by Gasteiger charge is -2.28. The lowest BCUT2D eigenvalue weighted by atomic mass is 10.2. The number of nitrogens with one attached hydrogen (secondary N) is 3. The quantitative estimate of drug-likeness (QED) is 0.774. The molecule has 2 aromatic rings. The smallest absolute Gasteiger partial charge is 0.388 e. The van der Waals surface area contributed by atoms with Crippen LogP contribution >= 0.6 is 0 Å². The van der Waals surface area contributed by atoms with E-state index < -0.39 is 12.2 Å². The van der Waals surface area contributed by atoms with Crippen molar-refractivity contribution in [3.05, 3.63) is 30.7 Å². The van der Waals surface area contributed by atoms with Gasteiger partial charge in [0.2, 0.25) is 5.88 Å². The third-order valence-corrected chi connectivity index (χ3v) is 3.04. The second-order valence-corrected chi connectivity index (χ2v) is 4.81. The van der Waals surface area contributed by atoms with Crippen molar-refractivity contribution in [2.45, 2.75) is 12.4 Å². The molecule has 23 heavy (non-hydrogen) atoms. The predicted molar refractivity (Wildman–Crippen MR) is 76.5 cm³/mol. The highest BCUT2D eigenvalue weighted by atomic mass is 19.4. The zero-order valence-electron chi connectivity index (χ0n) is 11.8. The monoisotopic (exact) mass is 326 g/mol. The molecule has 2 aromatic heterocycles. The highest BCUT2D eigenvalue weighted by Gasteiger charge is 2.31. The third kappa shape index (κ3) is 4.19. The number of aromatic nitrogens is 3. The van der Waals surface area contributed by atoms with Gasteiger partial charge in [-0.1, -0.05) is 0 Å². The molecule has 7 nitrogen and oxygen atoms in total. The first-order valence-corrected chi connectivity index (χ1v) is 6.77. The molecular formula is C13H13F3N6O. The van der Waals surface area contributed by atoms with Crippen LogP contribution in [0.5, 0.6) is 5.88 Å². The summed E-state index contributed by atoms with van der Waals surface area (Å²) in [5.41, 5.74) is 0.467. The van der Waals surface area contributed by atoms with Gasteiger partial charge in [0, 0.05) is 31.5 Å². The molecule has 0 atom stereocenters. The number of alkyl halides is 3. The van der Waals surface area contributed by atoms with Crippen LogP contribution in [0.1, 0.15) is 0 Å². The minimum atomic E-state index is -4.76. The van der Waals surface area contributed by atoms with Gasteiger partial charge in [-0.25, -0.2) is 15.0 Å². The van der Waals surface area contributed by atoms with E-state index in [0.717, 1.165) is 19.2 Å². The Balaban J connectivity index is 1.69. The highest BCUT2D eigenvalue weighted by Crippen LogP contribution is 2.24. The van der Waals surface area contributed by atoms with E-state index in [1.807, 2.05) is 0 Å². The largest absolute Gasteiger partial charge is 0.574 e. The summed E-state index contributed by atoms with van der Waals surface area (Å²) in [6.45, 7) is 1.67. The van der Waals surface area contributed by atoms with Crippen LogP contribution in [-0.4, -0.2) is 40.4 Å². The van der Waals surface area contributed by atoms with E-state index in [4.69, 9.17) is 0 Å². The molecule has 1 fully saturated rings. The third-order valence-electron chi connectivity index (χ3n) is 3.04. The number of nitrogens with zero attached hydrogens (tertiary/aromatic N) is 3. The molecule has 0 aliphatic carbocycles. The Hall–Kier alpha value is -2.62. The van der Waals surface area contributed by atoms with E-state index in [1.165, 1.54) is 18.5 Å². The molecule has 1 aliphatic rings. The topological polar surface area (TPSA) is 84.0 Å². The Bertz CT molecular complexity index is 660. The molecule has 0 radical (unpaired) electrons. The van der Waals surface area contributed by atoms with Gasteiger partial charge in [0.25, 0.3) is 0 Å². The number of hydrogen-bond acceptors (Lipinski definition) is 7. The average molecular weight is 326 g/mol. The van der Waals surface area contributed by atoms with Crippen molar-refractivity contribution >= 4 is 17.3 Å². The van der Waals surface area contributed by atoms with Crippen molar-refractivity contribution in [1.82, 2.24) is 20.3 Å². The summed E-state index contributed by atoms with van der Waals surface area (Å²) in [5.74, 6) is 0.501. The van der Waals surface area contributed by atoms with Gasteiger partial charge in [-0.2, -0.15) is 0 Å². The Kier molecular flexibility index (Phi) is 4.15. The van der Waals surface area contributed by atoms with Crippen LogP contribution in [0, 0.1) is 0 Å².